The fourth-order valence-corrected chi connectivity index (χ4v) is 5.06. The zero-order chi connectivity index (χ0) is 28.9. The highest BCUT2D eigenvalue weighted by atomic mass is 19.4. The third-order valence-electron chi connectivity index (χ3n) is 7.36. The number of nitrogens with zero attached hydrogens (tertiary/aromatic N) is 3. The first kappa shape index (κ1) is 29.3. The van der Waals surface area contributed by atoms with Gasteiger partial charge in [0.15, 0.2) is 5.78 Å². The Balaban J connectivity index is 1.16. The highest BCUT2D eigenvalue weighted by molar-refractivity contribution is 5.97. The number of halogens is 3. The van der Waals surface area contributed by atoms with Crippen LogP contribution >= 0.6 is 0 Å². The Morgan fingerprint density at radius 1 is 0.900 bits per heavy atom. The number of hydrogen-bond donors (Lipinski definition) is 1. The summed E-state index contributed by atoms with van der Waals surface area (Å²) >= 11 is 0. The van der Waals surface area contributed by atoms with E-state index in [-0.39, 0.29) is 48.6 Å². The Bertz CT molecular complexity index is 1240. The van der Waals surface area contributed by atoms with Crippen LogP contribution in [0.3, 0.4) is 0 Å². The van der Waals surface area contributed by atoms with Crippen LogP contribution in [0.15, 0.2) is 48.5 Å². The van der Waals surface area contributed by atoms with Crippen molar-refractivity contribution in [3.05, 3.63) is 70.8 Å². The molecule has 1 atom stereocenters. The number of rotatable bonds is 8. The van der Waals surface area contributed by atoms with E-state index >= 15 is 0 Å². The lowest BCUT2D eigenvalue weighted by molar-refractivity contribution is -0.137. The summed E-state index contributed by atoms with van der Waals surface area (Å²) in [4.78, 5) is 55.8. The number of benzene rings is 2. The van der Waals surface area contributed by atoms with Crippen molar-refractivity contribution in [3.63, 3.8) is 0 Å². The number of ketones is 1. The van der Waals surface area contributed by atoms with E-state index in [0.717, 1.165) is 30.2 Å². The lowest BCUT2D eigenvalue weighted by Crippen LogP contribution is -2.52. The van der Waals surface area contributed by atoms with Gasteiger partial charge in [-0.25, -0.2) is 0 Å². The number of Topliss-reactive ketones (excluding diaryl/α,β-unsaturated/α-hetero) is 1. The molecule has 0 radical (unpaired) electrons. The largest absolute Gasteiger partial charge is 0.416 e. The Morgan fingerprint density at radius 3 is 2.25 bits per heavy atom. The quantitative estimate of drug-likeness (QED) is 0.538. The minimum Gasteiger partial charge on any atom is -0.345 e. The maximum Gasteiger partial charge on any atom is 0.416 e. The average Bonchev–Trinajstić information content (AvgIpc) is 3.37. The van der Waals surface area contributed by atoms with Gasteiger partial charge in [-0.3, -0.25) is 24.1 Å². The van der Waals surface area contributed by atoms with Crippen molar-refractivity contribution in [1.29, 1.82) is 0 Å². The molecule has 0 saturated carbocycles. The van der Waals surface area contributed by atoms with Crippen LogP contribution in [-0.2, 0) is 15.8 Å². The van der Waals surface area contributed by atoms with Crippen LogP contribution in [0.25, 0.3) is 0 Å². The van der Waals surface area contributed by atoms with Crippen LogP contribution in [-0.4, -0.2) is 90.6 Å². The fraction of sp³-hybridized carbons (Fsp3) is 0.448. The number of amides is 3. The highest BCUT2D eigenvalue weighted by Crippen LogP contribution is 2.29. The van der Waals surface area contributed by atoms with Crippen molar-refractivity contribution in [1.82, 2.24) is 20.0 Å². The number of nitrogens with one attached hydrogen (secondary N) is 1. The molecule has 1 unspecified atom stereocenters. The van der Waals surface area contributed by atoms with Crippen molar-refractivity contribution < 1.29 is 32.3 Å². The fourth-order valence-electron chi connectivity index (χ4n) is 5.06. The number of hydrogen-bond acceptors (Lipinski definition) is 5. The van der Waals surface area contributed by atoms with Crippen LogP contribution in [0.4, 0.5) is 13.2 Å². The monoisotopic (exact) mass is 558 g/mol. The van der Waals surface area contributed by atoms with Crippen molar-refractivity contribution in [2.45, 2.75) is 25.9 Å². The van der Waals surface area contributed by atoms with E-state index in [1.807, 2.05) is 36.1 Å². The van der Waals surface area contributed by atoms with Crippen LogP contribution < -0.4 is 5.32 Å². The smallest absolute Gasteiger partial charge is 0.345 e. The molecule has 2 aliphatic heterocycles. The van der Waals surface area contributed by atoms with Gasteiger partial charge < -0.3 is 15.1 Å². The molecule has 2 aromatic rings. The molecule has 2 fully saturated rings. The first-order valence-corrected chi connectivity index (χ1v) is 13.3. The zero-order valence-electron chi connectivity index (χ0n) is 22.4. The number of aryl methyl sites for hydroxylation is 1. The second kappa shape index (κ2) is 12.6. The van der Waals surface area contributed by atoms with Crippen LogP contribution in [0.2, 0.25) is 0 Å². The highest BCUT2D eigenvalue weighted by Gasteiger charge is 2.32. The summed E-state index contributed by atoms with van der Waals surface area (Å²) in [5.41, 5.74) is 0.637. The molecular formula is C29H33F3N4O4. The first-order chi connectivity index (χ1) is 19.0. The summed E-state index contributed by atoms with van der Waals surface area (Å²) in [6.45, 7) is 5.07. The van der Waals surface area contributed by atoms with Crippen molar-refractivity contribution in [2.75, 3.05) is 52.4 Å². The van der Waals surface area contributed by atoms with E-state index in [9.17, 15) is 32.3 Å². The third-order valence-corrected chi connectivity index (χ3v) is 7.36. The molecule has 1 N–H and O–H groups in total. The SMILES string of the molecule is Cc1ccc(C(=O)N2CCN(C(=O)CN3CCC(CC(=O)CNC(=O)c4cccc(C(F)(F)F)c4)C3)CC2)cc1. The van der Waals surface area contributed by atoms with E-state index in [2.05, 4.69) is 5.32 Å². The minimum atomic E-state index is -4.56. The van der Waals surface area contributed by atoms with Gasteiger partial charge in [0.1, 0.15) is 0 Å². The van der Waals surface area contributed by atoms with E-state index in [0.29, 0.717) is 44.8 Å². The second-order valence-corrected chi connectivity index (χ2v) is 10.4. The molecule has 0 aliphatic carbocycles. The van der Waals surface area contributed by atoms with Gasteiger partial charge in [-0.15, -0.1) is 0 Å². The second-order valence-electron chi connectivity index (χ2n) is 10.4. The number of piperazine rings is 1. The van der Waals surface area contributed by atoms with Gasteiger partial charge in [0.25, 0.3) is 11.8 Å². The Labute approximate surface area is 231 Å². The van der Waals surface area contributed by atoms with Gasteiger partial charge in [-0.05, 0) is 56.1 Å². The number of carbonyl (C=O) groups is 4. The van der Waals surface area contributed by atoms with Crippen LogP contribution in [0.5, 0.6) is 0 Å². The van der Waals surface area contributed by atoms with Gasteiger partial charge in [-0.2, -0.15) is 13.2 Å². The van der Waals surface area contributed by atoms with Gasteiger partial charge in [0.05, 0.1) is 18.7 Å². The molecule has 0 spiro atoms. The molecular weight excluding hydrogens is 525 g/mol. The number of alkyl halides is 3. The molecule has 4 rings (SSSR count). The maximum atomic E-state index is 12.9. The van der Waals surface area contributed by atoms with E-state index < -0.39 is 17.6 Å². The van der Waals surface area contributed by atoms with E-state index in [4.69, 9.17) is 0 Å². The number of likely N-dealkylation sites (tertiary alicyclic amines) is 1. The summed E-state index contributed by atoms with van der Waals surface area (Å²) in [6, 6.07) is 11.5. The molecule has 0 bridgehead atoms. The van der Waals surface area contributed by atoms with E-state index in [1.165, 1.54) is 6.07 Å². The molecule has 11 heteroatoms. The van der Waals surface area contributed by atoms with Gasteiger partial charge in [0, 0.05) is 50.3 Å². The molecule has 2 aromatic carbocycles. The van der Waals surface area contributed by atoms with Gasteiger partial charge in [-0.1, -0.05) is 23.8 Å². The summed E-state index contributed by atoms with van der Waals surface area (Å²) in [7, 11) is 0. The van der Waals surface area contributed by atoms with Crippen LogP contribution in [0, 0.1) is 12.8 Å². The Kier molecular flexibility index (Phi) is 9.24. The average molecular weight is 559 g/mol. The number of carbonyl (C=O) groups excluding carboxylic acids is 4. The predicted octanol–water partition coefficient (Wildman–Crippen LogP) is 3.01. The standard InChI is InChI=1S/C29H33F3N4O4/c1-20-5-7-22(8-6-20)28(40)36-13-11-35(12-14-36)26(38)19-34-10-9-21(18-34)15-25(37)17-33-27(39)23-3-2-4-24(16-23)29(30,31)32/h2-8,16,21H,9-15,17-19H2,1H3,(H,33,39). The molecule has 8 nitrogen and oxygen atoms in total. The topological polar surface area (TPSA) is 90.0 Å². The lowest BCUT2D eigenvalue weighted by atomic mass is 10.0. The molecule has 2 aliphatic rings. The maximum absolute atomic E-state index is 12.9. The normalized spacial score (nSPS) is 18.1. The molecule has 3 amide bonds. The molecule has 2 saturated heterocycles. The molecule has 0 aromatic heterocycles. The lowest BCUT2D eigenvalue weighted by Gasteiger charge is -2.35. The molecule has 214 valence electrons. The van der Waals surface area contributed by atoms with Crippen molar-refractivity contribution in [3.8, 4) is 0 Å². The summed E-state index contributed by atoms with van der Waals surface area (Å²) < 4.78 is 38.6. The van der Waals surface area contributed by atoms with Crippen molar-refractivity contribution in [2.24, 2.45) is 5.92 Å². The summed E-state index contributed by atoms with van der Waals surface area (Å²) in [5.74, 6) is -0.964. The van der Waals surface area contributed by atoms with Crippen molar-refractivity contribution >= 4 is 23.5 Å². The summed E-state index contributed by atoms with van der Waals surface area (Å²) in [5, 5.41) is 2.40. The first-order valence-electron chi connectivity index (χ1n) is 13.3. The molecule has 2 heterocycles. The predicted molar refractivity (Wildman–Crippen MR) is 142 cm³/mol. The Hall–Kier alpha value is -3.73. The van der Waals surface area contributed by atoms with E-state index in [1.54, 1.807) is 9.80 Å². The van der Waals surface area contributed by atoms with Gasteiger partial charge >= 0.3 is 6.18 Å². The van der Waals surface area contributed by atoms with Gasteiger partial charge in [0.2, 0.25) is 5.91 Å². The minimum absolute atomic E-state index is 0.0113. The summed E-state index contributed by atoms with van der Waals surface area (Å²) in [6.07, 6.45) is -3.61. The molecule has 40 heavy (non-hydrogen) atoms. The van der Waals surface area contributed by atoms with Crippen LogP contribution in [0.1, 0.15) is 44.7 Å². The zero-order valence-corrected chi connectivity index (χ0v) is 22.4. The third kappa shape index (κ3) is 7.68. The Morgan fingerprint density at radius 2 is 1.57 bits per heavy atom.